The van der Waals surface area contributed by atoms with Gasteiger partial charge in [-0.05, 0) is 69.0 Å². The molecule has 1 aliphatic carbocycles. The molecule has 0 spiro atoms. The summed E-state index contributed by atoms with van der Waals surface area (Å²) in [5, 5.41) is 3.11. The first-order valence-corrected chi connectivity index (χ1v) is 10.4. The molecule has 1 N–H and O–H groups in total. The standard InChI is InChI=1S/C24H31FN2O2/c1-27(2)24(20-9-6-10-21(25)15-20)19-11-13-22(14-12-19)26-23(28)17-29-16-18-7-4-3-5-8-18/h3-10,15,19,22,24H,11-14,16-17H2,1-2H3,(H,26,28). The predicted octanol–water partition coefficient (Wildman–Crippen LogP) is 4.32. The molecule has 0 radical (unpaired) electrons. The number of amides is 1. The number of ether oxygens (including phenoxy) is 1. The van der Waals surface area contributed by atoms with Crippen LogP contribution in [-0.2, 0) is 16.1 Å². The molecule has 0 aliphatic heterocycles. The van der Waals surface area contributed by atoms with Crippen molar-refractivity contribution in [2.24, 2.45) is 5.92 Å². The number of hydrogen-bond donors (Lipinski definition) is 1. The molecule has 1 saturated carbocycles. The van der Waals surface area contributed by atoms with Crippen molar-refractivity contribution in [3.8, 4) is 0 Å². The van der Waals surface area contributed by atoms with Crippen molar-refractivity contribution in [3.63, 3.8) is 0 Å². The van der Waals surface area contributed by atoms with Crippen molar-refractivity contribution in [2.75, 3.05) is 20.7 Å². The minimum atomic E-state index is -0.189. The zero-order valence-corrected chi connectivity index (χ0v) is 17.3. The van der Waals surface area contributed by atoms with Gasteiger partial charge in [0.1, 0.15) is 12.4 Å². The maximum absolute atomic E-state index is 13.7. The summed E-state index contributed by atoms with van der Waals surface area (Å²) < 4.78 is 19.2. The number of nitrogens with one attached hydrogen (secondary N) is 1. The third kappa shape index (κ3) is 6.38. The first-order chi connectivity index (χ1) is 14.0. The largest absolute Gasteiger partial charge is 0.367 e. The topological polar surface area (TPSA) is 41.6 Å². The number of carbonyl (C=O) groups excluding carboxylic acids is 1. The minimum absolute atomic E-state index is 0.0568. The molecule has 4 nitrogen and oxygen atoms in total. The van der Waals surface area contributed by atoms with Crippen LogP contribution >= 0.6 is 0 Å². The van der Waals surface area contributed by atoms with Crippen LogP contribution in [0, 0.1) is 11.7 Å². The molecule has 1 fully saturated rings. The molecule has 1 atom stereocenters. The van der Waals surface area contributed by atoms with Gasteiger partial charge in [0.15, 0.2) is 0 Å². The molecule has 2 aromatic rings. The third-order valence-corrected chi connectivity index (χ3v) is 5.67. The average Bonchev–Trinajstić information content (AvgIpc) is 2.70. The SMILES string of the molecule is CN(C)C(c1cccc(F)c1)C1CCC(NC(=O)COCc2ccccc2)CC1. The Morgan fingerprint density at radius 2 is 1.83 bits per heavy atom. The Hall–Kier alpha value is -2.24. The molecule has 1 aliphatic rings. The van der Waals surface area contributed by atoms with E-state index in [1.807, 2.05) is 50.5 Å². The molecule has 0 heterocycles. The fourth-order valence-electron chi connectivity index (χ4n) is 4.37. The van der Waals surface area contributed by atoms with Gasteiger partial charge in [0.2, 0.25) is 5.91 Å². The van der Waals surface area contributed by atoms with Crippen LogP contribution in [0.1, 0.15) is 42.9 Å². The molecule has 0 saturated heterocycles. The lowest BCUT2D eigenvalue weighted by atomic mass is 9.78. The molecular weight excluding hydrogens is 367 g/mol. The van der Waals surface area contributed by atoms with Gasteiger partial charge < -0.3 is 15.0 Å². The normalized spacial score (nSPS) is 20.4. The van der Waals surface area contributed by atoms with Crippen LogP contribution in [-0.4, -0.2) is 37.6 Å². The molecule has 5 heteroatoms. The second-order valence-corrected chi connectivity index (χ2v) is 8.12. The van der Waals surface area contributed by atoms with Crippen molar-refractivity contribution >= 4 is 5.91 Å². The number of nitrogens with zero attached hydrogens (tertiary/aromatic N) is 1. The van der Waals surface area contributed by atoms with E-state index < -0.39 is 0 Å². The van der Waals surface area contributed by atoms with Gasteiger partial charge in [0.05, 0.1) is 6.61 Å². The first-order valence-electron chi connectivity index (χ1n) is 10.4. The highest BCUT2D eigenvalue weighted by molar-refractivity contribution is 5.77. The maximum Gasteiger partial charge on any atom is 0.246 e. The van der Waals surface area contributed by atoms with Gasteiger partial charge in [0, 0.05) is 12.1 Å². The van der Waals surface area contributed by atoms with E-state index in [1.54, 1.807) is 12.1 Å². The molecule has 1 unspecified atom stereocenters. The highest BCUT2D eigenvalue weighted by Gasteiger charge is 2.30. The second kappa shape index (κ2) is 10.5. The van der Waals surface area contributed by atoms with Gasteiger partial charge in [0.25, 0.3) is 0 Å². The van der Waals surface area contributed by atoms with E-state index >= 15 is 0 Å². The first kappa shape index (κ1) is 21.5. The summed E-state index contributed by atoms with van der Waals surface area (Å²) in [6.07, 6.45) is 3.90. The monoisotopic (exact) mass is 398 g/mol. The van der Waals surface area contributed by atoms with Gasteiger partial charge in [-0.25, -0.2) is 4.39 Å². The Balaban J connectivity index is 1.45. The van der Waals surface area contributed by atoms with Gasteiger partial charge in [-0.3, -0.25) is 4.79 Å². The molecule has 1 amide bonds. The van der Waals surface area contributed by atoms with Crippen LogP contribution in [0.4, 0.5) is 4.39 Å². The van der Waals surface area contributed by atoms with Crippen molar-refractivity contribution in [1.29, 1.82) is 0 Å². The highest BCUT2D eigenvalue weighted by Crippen LogP contribution is 2.37. The number of benzene rings is 2. The van der Waals surface area contributed by atoms with E-state index in [1.165, 1.54) is 6.07 Å². The Labute approximate surface area is 173 Å². The number of halogens is 1. The van der Waals surface area contributed by atoms with Crippen LogP contribution in [0.3, 0.4) is 0 Å². The fourth-order valence-corrected chi connectivity index (χ4v) is 4.37. The summed E-state index contributed by atoms with van der Waals surface area (Å²) >= 11 is 0. The highest BCUT2D eigenvalue weighted by atomic mass is 19.1. The van der Waals surface area contributed by atoms with Crippen molar-refractivity contribution in [3.05, 3.63) is 71.5 Å². The van der Waals surface area contributed by atoms with Crippen LogP contribution in [0.2, 0.25) is 0 Å². The fraction of sp³-hybridized carbons (Fsp3) is 0.458. The minimum Gasteiger partial charge on any atom is -0.367 e. The lowest BCUT2D eigenvalue weighted by Crippen LogP contribution is -2.41. The zero-order valence-electron chi connectivity index (χ0n) is 17.3. The Morgan fingerprint density at radius 3 is 2.48 bits per heavy atom. The van der Waals surface area contributed by atoms with E-state index in [0.717, 1.165) is 36.8 Å². The molecule has 0 bridgehead atoms. The summed E-state index contributed by atoms with van der Waals surface area (Å²) in [5.74, 6) is 0.207. The molecule has 2 aromatic carbocycles. The van der Waals surface area contributed by atoms with Crippen molar-refractivity contribution in [1.82, 2.24) is 10.2 Å². The van der Waals surface area contributed by atoms with Gasteiger partial charge in [-0.2, -0.15) is 0 Å². The maximum atomic E-state index is 13.7. The van der Waals surface area contributed by atoms with Crippen molar-refractivity contribution in [2.45, 2.75) is 44.4 Å². The third-order valence-electron chi connectivity index (χ3n) is 5.67. The van der Waals surface area contributed by atoms with E-state index in [2.05, 4.69) is 10.2 Å². The van der Waals surface area contributed by atoms with Gasteiger partial charge in [-0.1, -0.05) is 42.5 Å². The second-order valence-electron chi connectivity index (χ2n) is 8.12. The molecule has 3 rings (SSSR count). The predicted molar refractivity (Wildman–Crippen MR) is 113 cm³/mol. The van der Waals surface area contributed by atoms with Crippen LogP contribution in [0.5, 0.6) is 0 Å². The van der Waals surface area contributed by atoms with E-state index in [0.29, 0.717) is 12.5 Å². The zero-order chi connectivity index (χ0) is 20.6. The molecule has 0 aromatic heterocycles. The Bertz CT molecular complexity index is 773. The smallest absolute Gasteiger partial charge is 0.246 e. The summed E-state index contributed by atoms with van der Waals surface area (Å²) in [5.41, 5.74) is 2.09. The summed E-state index contributed by atoms with van der Waals surface area (Å²) in [7, 11) is 4.10. The van der Waals surface area contributed by atoms with Crippen molar-refractivity contribution < 1.29 is 13.9 Å². The molecule has 156 valence electrons. The Kier molecular flexibility index (Phi) is 7.78. The Morgan fingerprint density at radius 1 is 1.10 bits per heavy atom. The van der Waals surface area contributed by atoms with Gasteiger partial charge >= 0.3 is 0 Å². The average molecular weight is 399 g/mol. The number of rotatable bonds is 8. The van der Waals surface area contributed by atoms with Crippen LogP contribution in [0.15, 0.2) is 54.6 Å². The summed E-state index contributed by atoms with van der Waals surface area (Å²) in [6, 6.07) is 17.1. The van der Waals surface area contributed by atoms with E-state index in [-0.39, 0.29) is 30.4 Å². The van der Waals surface area contributed by atoms with E-state index in [9.17, 15) is 9.18 Å². The quantitative estimate of drug-likeness (QED) is 0.720. The summed E-state index contributed by atoms with van der Waals surface area (Å²) in [6.45, 7) is 0.525. The lowest BCUT2D eigenvalue weighted by molar-refractivity contribution is -0.127. The van der Waals surface area contributed by atoms with E-state index in [4.69, 9.17) is 4.74 Å². The van der Waals surface area contributed by atoms with Crippen LogP contribution in [0.25, 0.3) is 0 Å². The molecule has 29 heavy (non-hydrogen) atoms. The lowest BCUT2D eigenvalue weighted by Gasteiger charge is -2.37. The number of hydrogen-bond acceptors (Lipinski definition) is 3. The molecular formula is C24H31FN2O2. The van der Waals surface area contributed by atoms with Gasteiger partial charge in [-0.15, -0.1) is 0 Å². The summed E-state index contributed by atoms with van der Waals surface area (Å²) in [4.78, 5) is 14.4. The number of carbonyl (C=O) groups is 1. The van der Waals surface area contributed by atoms with Crippen LogP contribution < -0.4 is 5.32 Å².